The third kappa shape index (κ3) is 1.79. The third-order valence-electron chi connectivity index (χ3n) is 4.39. The lowest BCUT2D eigenvalue weighted by atomic mass is 10.0. The zero-order chi connectivity index (χ0) is 14.2. The molecule has 0 amide bonds. The van der Waals surface area contributed by atoms with Crippen LogP contribution >= 0.6 is 0 Å². The highest BCUT2D eigenvalue weighted by atomic mass is 16.9. The first kappa shape index (κ1) is 13.4. The Morgan fingerprint density at radius 1 is 0.950 bits per heavy atom. The summed E-state index contributed by atoms with van der Waals surface area (Å²) < 4.78 is 35.7. The van der Waals surface area contributed by atoms with Crippen LogP contribution in [0.1, 0.15) is 34.1 Å². The van der Waals surface area contributed by atoms with Crippen molar-refractivity contribution >= 4 is 0 Å². The van der Waals surface area contributed by atoms with E-state index in [1.165, 1.54) is 0 Å². The van der Waals surface area contributed by atoms with Crippen LogP contribution in [0, 0.1) is 0 Å². The van der Waals surface area contributed by atoms with Gasteiger partial charge in [-0.1, -0.05) is 0 Å². The lowest BCUT2D eigenvalue weighted by molar-refractivity contribution is -0.258. The fourth-order valence-corrected chi connectivity index (χ4v) is 3.71. The molecule has 4 heterocycles. The molecule has 5 atom stereocenters. The molecule has 4 saturated heterocycles. The smallest absolute Gasteiger partial charge is 0.227 e. The molecular formula is C14H22O6. The average Bonchev–Trinajstić information content (AvgIpc) is 2.97. The Hall–Kier alpha value is -0.240. The highest BCUT2D eigenvalue weighted by Crippen LogP contribution is 2.52. The highest BCUT2D eigenvalue weighted by molar-refractivity contribution is 5.09. The van der Waals surface area contributed by atoms with E-state index in [9.17, 15) is 0 Å². The van der Waals surface area contributed by atoms with E-state index >= 15 is 0 Å². The van der Waals surface area contributed by atoms with Crippen molar-refractivity contribution in [2.45, 2.75) is 75.9 Å². The van der Waals surface area contributed by atoms with E-state index in [4.69, 9.17) is 28.4 Å². The molecule has 4 fully saturated rings. The van der Waals surface area contributed by atoms with Crippen molar-refractivity contribution in [1.82, 2.24) is 0 Å². The van der Waals surface area contributed by atoms with Crippen molar-refractivity contribution in [3.8, 4) is 0 Å². The molecular weight excluding hydrogens is 264 g/mol. The van der Waals surface area contributed by atoms with E-state index in [-0.39, 0.29) is 24.4 Å². The van der Waals surface area contributed by atoms with Crippen LogP contribution in [0.15, 0.2) is 0 Å². The van der Waals surface area contributed by atoms with Crippen molar-refractivity contribution in [3.05, 3.63) is 0 Å². The van der Waals surface area contributed by atoms with E-state index in [1.54, 1.807) is 0 Å². The summed E-state index contributed by atoms with van der Waals surface area (Å²) in [4.78, 5) is 0. The van der Waals surface area contributed by atoms with Crippen LogP contribution in [0.2, 0.25) is 0 Å². The summed E-state index contributed by atoms with van der Waals surface area (Å²) >= 11 is 0. The molecule has 4 rings (SSSR count). The second-order valence-electron chi connectivity index (χ2n) is 6.86. The van der Waals surface area contributed by atoms with Gasteiger partial charge in [-0.15, -0.1) is 0 Å². The van der Waals surface area contributed by atoms with Gasteiger partial charge in [0.1, 0.15) is 24.4 Å². The van der Waals surface area contributed by atoms with Gasteiger partial charge in [0, 0.05) is 6.42 Å². The average molecular weight is 286 g/mol. The number of hydrogen-bond acceptors (Lipinski definition) is 6. The predicted octanol–water partition coefficient (Wildman–Crippen LogP) is 1.17. The van der Waals surface area contributed by atoms with Gasteiger partial charge in [0.25, 0.3) is 0 Å². The molecule has 1 unspecified atom stereocenters. The van der Waals surface area contributed by atoms with Crippen LogP contribution in [0.4, 0.5) is 0 Å². The molecule has 0 aromatic rings. The minimum atomic E-state index is -0.774. The fraction of sp³-hybridized carbons (Fsp3) is 1.00. The molecule has 0 saturated carbocycles. The predicted molar refractivity (Wildman–Crippen MR) is 66.9 cm³/mol. The first-order valence-electron chi connectivity index (χ1n) is 7.31. The van der Waals surface area contributed by atoms with Crippen LogP contribution < -0.4 is 0 Å². The first-order valence-corrected chi connectivity index (χ1v) is 7.31. The van der Waals surface area contributed by atoms with Crippen molar-refractivity contribution < 1.29 is 28.4 Å². The molecule has 6 nitrogen and oxygen atoms in total. The summed E-state index contributed by atoms with van der Waals surface area (Å²) in [6, 6.07) is 0. The number of hydrogen-bond donors (Lipinski definition) is 0. The zero-order valence-electron chi connectivity index (χ0n) is 12.4. The van der Waals surface area contributed by atoms with Gasteiger partial charge >= 0.3 is 0 Å². The largest absolute Gasteiger partial charge is 0.363 e. The Balaban J connectivity index is 1.61. The maximum atomic E-state index is 6.13. The normalized spacial score (nSPS) is 52.2. The highest BCUT2D eigenvalue weighted by Gasteiger charge is 2.70. The van der Waals surface area contributed by atoms with E-state index in [2.05, 4.69) is 0 Å². The summed E-state index contributed by atoms with van der Waals surface area (Å²) in [6.45, 7) is 8.77. The van der Waals surface area contributed by atoms with E-state index in [1.807, 2.05) is 27.7 Å². The summed E-state index contributed by atoms with van der Waals surface area (Å²) in [6.07, 6.45) is 0.0881. The Labute approximate surface area is 118 Å². The number of rotatable bonds is 1. The van der Waals surface area contributed by atoms with Crippen LogP contribution in [0.3, 0.4) is 0 Å². The molecule has 0 bridgehead atoms. The third-order valence-corrected chi connectivity index (χ3v) is 4.39. The maximum absolute atomic E-state index is 6.13. The van der Waals surface area contributed by atoms with Gasteiger partial charge in [-0.2, -0.15) is 0 Å². The molecule has 4 aliphatic heterocycles. The number of ether oxygens (including phenoxy) is 6. The molecule has 4 aliphatic rings. The minimum Gasteiger partial charge on any atom is -0.363 e. The zero-order valence-corrected chi connectivity index (χ0v) is 12.4. The van der Waals surface area contributed by atoms with Gasteiger partial charge in [0.15, 0.2) is 11.6 Å². The molecule has 0 radical (unpaired) electrons. The van der Waals surface area contributed by atoms with Gasteiger partial charge in [0.2, 0.25) is 5.79 Å². The van der Waals surface area contributed by atoms with E-state index in [0.29, 0.717) is 13.2 Å². The van der Waals surface area contributed by atoms with E-state index < -0.39 is 17.4 Å². The van der Waals surface area contributed by atoms with Crippen molar-refractivity contribution in [3.63, 3.8) is 0 Å². The van der Waals surface area contributed by atoms with Gasteiger partial charge in [0.05, 0.1) is 13.2 Å². The summed E-state index contributed by atoms with van der Waals surface area (Å²) in [5, 5.41) is 0. The minimum absolute atomic E-state index is 0.0911. The van der Waals surface area contributed by atoms with Gasteiger partial charge in [-0.3, -0.25) is 0 Å². The standard InChI is InChI=1S/C14H22O6/c1-12(2)16-7-8(18-12)10-11-14(20-13(3,4)19-11)9(17-10)5-6-15-14/h8-11H,5-7H2,1-4H3/t8?,9-,10-,11-,14+/m1/s1. The Kier molecular flexibility index (Phi) is 2.64. The van der Waals surface area contributed by atoms with Gasteiger partial charge in [-0.25, -0.2) is 0 Å². The van der Waals surface area contributed by atoms with Crippen molar-refractivity contribution in [2.75, 3.05) is 13.2 Å². The SMILES string of the molecule is CC1(C)OCC([C@H]2O[C@@H]3CCO[C@]34OC(C)(C)O[C@H]24)O1. The fourth-order valence-electron chi connectivity index (χ4n) is 3.71. The second kappa shape index (κ2) is 3.94. The molecule has 20 heavy (non-hydrogen) atoms. The quantitative estimate of drug-likeness (QED) is 0.721. The lowest BCUT2D eigenvalue weighted by Crippen LogP contribution is -2.47. The Morgan fingerprint density at radius 3 is 2.45 bits per heavy atom. The van der Waals surface area contributed by atoms with Gasteiger partial charge < -0.3 is 28.4 Å². The van der Waals surface area contributed by atoms with Crippen LogP contribution in [0.25, 0.3) is 0 Å². The molecule has 0 aromatic heterocycles. The van der Waals surface area contributed by atoms with Crippen molar-refractivity contribution in [1.29, 1.82) is 0 Å². The second-order valence-corrected chi connectivity index (χ2v) is 6.86. The molecule has 0 aromatic carbocycles. The summed E-state index contributed by atoms with van der Waals surface area (Å²) in [7, 11) is 0. The Bertz CT molecular complexity index is 422. The summed E-state index contributed by atoms with van der Waals surface area (Å²) in [5.74, 6) is -2.01. The van der Waals surface area contributed by atoms with Crippen LogP contribution in [-0.4, -0.2) is 55.0 Å². The molecule has 1 spiro atoms. The van der Waals surface area contributed by atoms with Crippen molar-refractivity contribution in [2.24, 2.45) is 0 Å². The monoisotopic (exact) mass is 286 g/mol. The topological polar surface area (TPSA) is 55.4 Å². The molecule has 114 valence electrons. The van der Waals surface area contributed by atoms with Crippen LogP contribution in [0.5, 0.6) is 0 Å². The molecule has 0 N–H and O–H groups in total. The molecule has 6 heteroatoms. The molecule has 0 aliphatic carbocycles. The first-order chi connectivity index (χ1) is 9.31. The summed E-state index contributed by atoms with van der Waals surface area (Å²) in [5.41, 5.74) is 0. The van der Waals surface area contributed by atoms with Gasteiger partial charge in [-0.05, 0) is 27.7 Å². The lowest BCUT2D eigenvalue weighted by Gasteiger charge is -2.26. The van der Waals surface area contributed by atoms with E-state index in [0.717, 1.165) is 6.42 Å². The van der Waals surface area contributed by atoms with Crippen LogP contribution in [-0.2, 0) is 28.4 Å². The maximum Gasteiger partial charge on any atom is 0.227 e. The Morgan fingerprint density at radius 2 is 1.75 bits per heavy atom.